The predicted octanol–water partition coefficient (Wildman–Crippen LogP) is 2.50. The Morgan fingerprint density at radius 3 is 2.52 bits per heavy atom. The standard InChI is InChI=1S/C20H29NO7S/c1-12(2)15-7-5-13(3)9-18(15)28-19(22)11-27-20(23)16-10-14(29(21,24)25)6-8-17(16)26-4/h6,8,10,12-13,15,18H,5,7,9,11H2,1-4H3,(H2,21,24,25). The van der Waals surface area contributed by atoms with E-state index in [4.69, 9.17) is 19.3 Å². The summed E-state index contributed by atoms with van der Waals surface area (Å²) in [7, 11) is -2.68. The highest BCUT2D eigenvalue weighted by molar-refractivity contribution is 7.89. The summed E-state index contributed by atoms with van der Waals surface area (Å²) in [6.07, 6.45) is 2.68. The lowest BCUT2D eigenvalue weighted by Crippen LogP contribution is -2.36. The van der Waals surface area contributed by atoms with Crippen molar-refractivity contribution in [1.82, 2.24) is 0 Å². The number of ether oxygens (including phenoxy) is 3. The topological polar surface area (TPSA) is 122 Å². The fourth-order valence-corrected chi connectivity index (χ4v) is 4.22. The molecule has 0 amide bonds. The van der Waals surface area contributed by atoms with E-state index in [1.807, 2.05) is 0 Å². The van der Waals surface area contributed by atoms with Crippen molar-refractivity contribution in [1.29, 1.82) is 0 Å². The van der Waals surface area contributed by atoms with Gasteiger partial charge in [-0.1, -0.05) is 27.2 Å². The zero-order chi connectivity index (χ0) is 21.8. The highest BCUT2D eigenvalue weighted by Crippen LogP contribution is 2.35. The molecule has 29 heavy (non-hydrogen) atoms. The second kappa shape index (κ2) is 9.58. The van der Waals surface area contributed by atoms with Gasteiger partial charge in [-0.25, -0.2) is 23.1 Å². The van der Waals surface area contributed by atoms with Crippen LogP contribution in [0.1, 0.15) is 50.4 Å². The minimum atomic E-state index is -4.01. The lowest BCUT2D eigenvalue weighted by atomic mass is 9.75. The van der Waals surface area contributed by atoms with Crippen molar-refractivity contribution in [2.75, 3.05) is 13.7 Å². The zero-order valence-corrected chi connectivity index (χ0v) is 18.0. The van der Waals surface area contributed by atoms with Crippen LogP contribution in [0.15, 0.2) is 23.1 Å². The molecule has 1 aliphatic rings. The third kappa shape index (κ3) is 6.17. The predicted molar refractivity (Wildman–Crippen MR) is 106 cm³/mol. The van der Waals surface area contributed by atoms with Crippen LogP contribution in [-0.4, -0.2) is 40.2 Å². The van der Waals surface area contributed by atoms with E-state index in [1.165, 1.54) is 19.2 Å². The number of esters is 2. The van der Waals surface area contributed by atoms with E-state index < -0.39 is 28.6 Å². The molecule has 9 heteroatoms. The first kappa shape index (κ1) is 23.2. The molecule has 1 fully saturated rings. The molecule has 1 aromatic rings. The molecule has 162 valence electrons. The normalized spacial score (nSPS) is 22.2. The number of carbonyl (C=O) groups is 2. The summed E-state index contributed by atoms with van der Waals surface area (Å²) in [6.45, 7) is 5.76. The molecule has 1 aromatic carbocycles. The number of hydrogen-bond acceptors (Lipinski definition) is 7. The lowest BCUT2D eigenvalue weighted by Gasteiger charge is -2.36. The molecule has 1 aliphatic carbocycles. The van der Waals surface area contributed by atoms with E-state index in [1.54, 1.807) is 0 Å². The number of carbonyl (C=O) groups excluding carboxylic acids is 2. The minimum Gasteiger partial charge on any atom is -0.496 e. The van der Waals surface area contributed by atoms with E-state index in [0.717, 1.165) is 25.3 Å². The summed E-state index contributed by atoms with van der Waals surface area (Å²) in [5.74, 6) is -0.302. The fourth-order valence-electron chi connectivity index (χ4n) is 3.68. The first-order valence-electron chi connectivity index (χ1n) is 9.60. The molecule has 2 N–H and O–H groups in total. The summed E-state index contributed by atoms with van der Waals surface area (Å²) >= 11 is 0. The van der Waals surface area contributed by atoms with E-state index in [2.05, 4.69) is 20.8 Å². The van der Waals surface area contributed by atoms with Crippen LogP contribution in [0.5, 0.6) is 5.75 Å². The molecule has 0 aromatic heterocycles. The monoisotopic (exact) mass is 427 g/mol. The SMILES string of the molecule is COc1ccc(S(N)(=O)=O)cc1C(=O)OCC(=O)OC1CC(C)CCC1C(C)C. The zero-order valence-electron chi connectivity index (χ0n) is 17.2. The second-order valence-corrected chi connectivity index (χ2v) is 9.40. The van der Waals surface area contributed by atoms with Crippen LogP contribution in [0.2, 0.25) is 0 Å². The van der Waals surface area contributed by atoms with Gasteiger partial charge in [0.25, 0.3) is 0 Å². The molecule has 3 unspecified atom stereocenters. The van der Waals surface area contributed by atoms with Gasteiger partial charge in [0.15, 0.2) is 6.61 Å². The van der Waals surface area contributed by atoms with Crippen LogP contribution in [0.3, 0.4) is 0 Å². The molecule has 0 spiro atoms. The van der Waals surface area contributed by atoms with Crippen LogP contribution in [0.4, 0.5) is 0 Å². The molecule has 0 radical (unpaired) electrons. The average Bonchev–Trinajstić information content (AvgIpc) is 2.64. The van der Waals surface area contributed by atoms with Gasteiger partial charge >= 0.3 is 11.9 Å². The van der Waals surface area contributed by atoms with Crippen LogP contribution in [0, 0.1) is 17.8 Å². The van der Waals surface area contributed by atoms with E-state index in [0.29, 0.717) is 11.8 Å². The molecule has 8 nitrogen and oxygen atoms in total. The molecule has 3 atom stereocenters. The van der Waals surface area contributed by atoms with Crippen molar-refractivity contribution >= 4 is 22.0 Å². The number of nitrogens with two attached hydrogens (primary N) is 1. The number of benzene rings is 1. The first-order chi connectivity index (χ1) is 13.5. The Kier molecular flexibility index (Phi) is 7.65. The molecule has 0 heterocycles. The maximum atomic E-state index is 12.4. The Bertz CT molecular complexity index is 850. The fraction of sp³-hybridized carbons (Fsp3) is 0.600. The second-order valence-electron chi connectivity index (χ2n) is 7.84. The molecule has 0 aliphatic heterocycles. The van der Waals surface area contributed by atoms with Gasteiger partial charge in [-0.3, -0.25) is 0 Å². The van der Waals surface area contributed by atoms with E-state index in [9.17, 15) is 18.0 Å². The number of sulfonamides is 1. The molecule has 2 rings (SSSR count). The van der Waals surface area contributed by atoms with Crippen molar-refractivity contribution in [3.8, 4) is 5.75 Å². The Labute approximate surface area is 171 Å². The van der Waals surface area contributed by atoms with Crippen molar-refractivity contribution in [3.05, 3.63) is 23.8 Å². The maximum absolute atomic E-state index is 12.4. The van der Waals surface area contributed by atoms with Gasteiger partial charge in [0, 0.05) is 0 Å². The Hall–Kier alpha value is -2.13. The number of methoxy groups -OCH3 is 1. The molecule has 0 saturated heterocycles. The van der Waals surface area contributed by atoms with E-state index in [-0.39, 0.29) is 28.2 Å². The van der Waals surface area contributed by atoms with Crippen LogP contribution >= 0.6 is 0 Å². The summed E-state index contributed by atoms with van der Waals surface area (Å²) in [5.41, 5.74) is -0.141. The van der Waals surface area contributed by atoms with Gasteiger partial charge < -0.3 is 14.2 Å². The molecular weight excluding hydrogens is 398 g/mol. The molecule has 0 bridgehead atoms. The highest BCUT2D eigenvalue weighted by Gasteiger charge is 2.33. The Morgan fingerprint density at radius 1 is 1.24 bits per heavy atom. The average molecular weight is 428 g/mol. The summed E-state index contributed by atoms with van der Waals surface area (Å²) in [5, 5.41) is 5.10. The van der Waals surface area contributed by atoms with Crippen molar-refractivity contribution in [3.63, 3.8) is 0 Å². The lowest BCUT2D eigenvalue weighted by molar-refractivity contribution is -0.159. The largest absolute Gasteiger partial charge is 0.496 e. The van der Waals surface area contributed by atoms with Crippen LogP contribution in [-0.2, 0) is 24.3 Å². The summed E-state index contributed by atoms with van der Waals surface area (Å²) in [6, 6.07) is 3.57. The maximum Gasteiger partial charge on any atom is 0.344 e. The summed E-state index contributed by atoms with van der Waals surface area (Å²) < 4.78 is 38.7. The van der Waals surface area contributed by atoms with Gasteiger partial charge in [0.1, 0.15) is 17.4 Å². The van der Waals surface area contributed by atoms with Gasteiger partial charge in [-0.2, -0.15) is 0 Å². The number of primary sulfonamides is 1. The van der Waals surface area contributed by atoms with Crippen LogP contribution < -0.4 is 9.88 Å². The van der Waals surface area contributed by atoms with E-state index >= 15 is 0 Å². The van der Waals surface area contributed by atoms with Crippen molar-refractivity contribution < 1.29 is 32.2 Å². The first-order valence-corrected chi connectivity index (χ1v) is 11.1. The van der Waals surface area contributed by atoms with Gasteiger partial charge in [-0.05, 0) is 48.8 Å². The third-order valence-electron chi connectivity index (χ3n) is 5.28. The molecule has 1 saturated carbocycles. The highest BCUT2D eigenvalue weighted by atomic mass is 32.2. The van der Waals surface area contributed by atoms with Crippen molar-refractivity contribution in [2.24, 2.45) is 22.9 Å². The van der Waals surface area contributed by atoms with Crippen LogP contribution in [0.25, 0.3) is 0 Å². The number of rotatable bonds is 7. The Balaban J connectivity index is 2.04. The Morgan fingerprint density at radius 2 is 1.93 bits per heavy atom. The van der Waals surface area contributed by atoms with Crippen molar-refractivity contribution in [2.45, 2.75) is 51.0 Å². The smallest absolute Gasteiger partial charge is 0.344 e. The third-order valence-corrected chi connectivity index (χ3v) is 6.20. The number of hydrogen-bond donors (Lipinski definition) is 1. The molecular formula is C20H29NO7S. The van der Waals surface area contributed by atoms with Gasteiger partial charge in [0.2, 0.25) is 10.0 Å². The van der Waals surface area contributed by atoms with Gasteiger partial charge in [0.05, 0.1) is 12.0 Å². The quantitative estimate of drug-likeness (QED) is 0.663. The van der Waals surface area contributed by atoms with Gasteiger partial charge in [-0.15, -0.1) is 0 Å². The summed E-state index contributed by atoms with van der Waals surface area (Å²) in [4.78, 5) is 24.4. The minimum absolute atomic E-state index is 0.108.